The van der Waals surface area contributed by atoms with Gasteiger partial charge < -0.3 is 10.1 Å². The first-order chi connectivity index (χ1) is 14.7. The van der Waals surface area contributed by atoms with Crippen molar-refractivity contribution in [3.63, 3.8) is 0 Å². The van der Waals surface area contributed by atoms with Gasteiger partial charge in [-0.15, -0.1) is 11.3 Å². The maximum atomic E-state index is 9.19. The largest absolute Gasteiger partial charge is 0.361 e. The van der Waals surface area contributed by atoms with Crippen LogP contribution in [0.25, 0.3) is 0 Å². The first-order valence-corrected chi connectivity index (χ1v) is 14.1. The normalized spacial score (nSPS) is 43.2. The molecule has 2 heterocycles. The molecule has 2 spiro atoms. The topological polar surface area (TPSA) is 107 Å². The Labute approximate surface area is 187 Å². The first kappa shape index (κ1) is 22.0. The van der Waals surface area contributed by atoms with Gasteiger partial charge in [0, 0.05) is 42.8 Å². The molecule has 0 amide bonds. The van der Waals surface area contributed by atoms with Crippen LogP contribution in [0.5, 0.6) is 0 Å². The van der Waals surface area contributed by atoms with Gasteiger partial charge in [0.25, 0.3) is 10.1 Å². The quantitative estimate of drug-likeness (QED) is 0.501. The zero-order chi connectivity index (χ0) is 21.7. The molecule has 5 saturated carbocycles. The van der Waals surface area contributed by atoms with Crippen molar-refractivity contribution in [2.45, 2.75) is 69.4 Å². The minimum Gasteiger partial charge on any atom is -0.361 e. The van der Waals surface area contributed by atoms with Crippen LogP contribution in [0.15, 0.2) is 11.6 Å². The zero-order valence-corrected chi connectivity index (χ0v) is 19.5. The SMILES string of the molecule is CS(=O)(=O)O.c1csc(NCC2CCC3(CC2)OOC2(O3)C3CC4CC(C3)CC2C4)n1. The van der Waals surface area contributed by atoms with Crippen LogP contribution in [0, 0.1) is 29.6 Å². The Morgan fingerprint density at radius 3 is 2.29 bits per heavy atom. The van der Waals surface area contributed by atoms with Crippen LogP contribution < -0.4 is 5.32 Å². The number of hydrogen-bond acceptors (Lipinski definition) is 8. The van der Waals surface area contributed by atoms with E-state index in [-0.39, 0.29) is 0 Å². The highest BCUT2D eigenvalue weighted by molar-refractivity contribution is 7.85. The highest BCUT2D eigenvalue weighted by Gasteiger charge is 2.66. The Morgan fingerprint density at radius 2 is 1.74 bits per heavy atom. The lowest BCUT2D eigenvalue weighted by molar-refractivity contribution is -0.390. The lowest BCUT2D eigenvalue weighted by Gasteiger charge is -2.57. The van der Waals surface area contributed by atoms with E-state index in [1.807, 2.05) is 11.6 Å². The molecule has 0 radical (unpaired) electrons. The van der Waals surface area contributed by atoms with E-state index in [0.717, 1.165) is 49.2 Å². The van der Waals surface area contributed by atoms with Crippen LogP contribution in [0.1, 0.15) is 57.8 Å². The maximum Gasteiger partial charge on any atom is 0.261 e. The van der Waals surface area contributed by atoms with Crippen molar-refractivity contribution >= 4 is 26.6 Å². The van der Waals surface area contributed by atoms with Gasteiger partial charge in [-0.2, -0.15) is 18.2 Å². The highest BCUT2D eigenvalue weighted by Crippen LogP contribution is 2.63. The molecule has 0 aromatic carbocycles. The van der Waals surface area contributed by atoms with Gasteiger partial charge in [0.2, 0.25) is 11.6 Å². The van der Waals surface area contributed by atoms with Gasteiger partial charge in [0.05, 0.1) is 6.26 Å². The van der Waals surface area contributed by atoms with E-state index in [9.17, 15) is 8.42 Å². The summed E-state index contributed by atoms with van der Waals surface area (Å²) in [5, 5.41) is 6.50. The van der Waals surface area contributed by atoms with Crippen molar-refractivity contribution in [2.24, 2.45) is 29.6 Å². The molecule has 174 valence electrons. The summed E-state index contributed by atoms with van der Waals surface area (Å²) in [6.45, 7) is 0.990. The third-order valence-corrected chi connectivity index (χ3v) is 8.52. The summed E-state index contributed by atoms with van der Waals surface area (Å²) >= 11 is 1.67. The van der Waals surface area contributed by atoms with Gasteiger partial charge in [-0.05, 0) is 62.7 Å². The molecule has 1 aliphatic heterocycles. The van der Waals surface area contributed by atoms with Crippen LogP contribution in [0.3, 0.4) is 0 Å². The maximum absolute atomic E-state index is 9.19. The molecule has 31 heavy (non-hydrogen) atoms. The number of ether oxygens (including phenoxy) is 1. The molecule has 4 bridgehead atoms. The molecular formula is C21H32N2O6S2. The van der Waals surface area contributed by atoms with Crippen LogP contribution >= 0.6 is 11.3 Å². The van der Waals surface area contributed by atoms with Crippen molar-refractivity contribution in [2.75, 3.05) is 18.1 Å². The molecule has 0 unspecified atom stereocenters. The van der Waals surface area contributed by atoms with Crippen molar-refractivity contribution in [3.05, 3.63) is 11.6 Å². The molecule has 8 nitrogen and oxygen atoms in total. The second kappa shape index (κ2) is 8.22. The molecule has 1 aromatic rings. The molecule has 6 fully saturated rings. The molecule has 1 aromatic heterocycles. The first-order valence-electron chi connectivity index (χ1n) is 11.4. The summed E-state index contributed by atoms with van der Waals surface area (Å²) in [5.41, 5.74) is 0. The number of hydrogen-bond donors (Lipinski definition) is 2. The van der Waals surface area contributed by atoms with E-state index in [0.29, 0.717) is 24.0 Å². The number of thiazole rings is 1. The fourth-order valence-corrected chi connectivity index (χ4v) is 7.20. The van der Waals surface area contributed by atoms with Crippen LogP contribution in [-0.4, -0.2) is 42.3 Å². The van der Waals surface area contributed by atoms with E-state index in [2.05, 4.69) is 10.3 Å². The number of aromatic nitrogens is 1. The molecule has 0 atom stereocenters. The Bertz CT molecular complexity index is 830. The van der Waals surface area contributed by atoms with Gasteiger partial charge in [0.1, 0.15) is 0 Å². The number of rotatable bonds is 3. The standard InChI is InChI=1S/C20H28N2O3S.CH4O3S/c1-3-19(4-2-13(1)12-22-18-21-5-6-26-18)23-20(25-24-19)16-8-14-7-15(10-16)11-17(20)9-14;1-5(2,3)4/h5-6,13-17H,1-4,7-12H2,(H,21,22);1H3,(H,2,3,4). The zero-order valence-electron chi connectivity index (χ0n) is 17.9. The van der Waals surface area contributed by atoms with Crippen molar-refractivity contribution in [3.8, 4) is 0 Å². The predicted molar refractivity (Wildman–Crippen MR) is 116 cm³/mol. The third kappa shape index (κ3) is 4.65. The fraction of sp³-hybridized carbons (Fsp3) is 0.857. The summed E-state index contributed by atoms with van der Waals surface area (Å²) in [7, 11) is -3.67. The lowest BCUT2D eigenvalue weighted by atomic mass is 9.53. The smallest absolute Gasteiger partial charge is 0.261 e. The molecule has 6 aliphatic rings. The number of nitrogens with one attached hydrogen (secondary N) is 1. The highest BCUT2D eigenvalue weighted by atomic mass is 32.2. The van der Waals surface area contributed by atoms with Crippen molar-refractivity contribution in [1.29, 1.82) is 0 Å². The summed E-state index contributed by atoms with van der Waals surface area (Å²) in [4.78, 5) is 16.4. The minimum absolute atomic E-state index is 0.417. The average Bonchev–Trinajstić information content (AvgIpc) is 3.34. The van der Waals surface area contributed by atoms with E-state index in [1.165, 1.54) is 32.1 Å². The monoisotopic (exact) mass is 472 g/mol. The number of anilines is 1. The summed E-state index contributed by atoms with van der Waals surface area (Å²) in [5.74, 6) is 2.71. The lowest BCUT2D eigenvalue weighted by Crippen LogP contribution is -2.59. The van der Waals surface area contributed by atoms with Gasteiger partial charge in [-0.3, -0.25) is 4.55 Å². The summed E-state index contributed by atoms with van der Waals surface area (Å²) in [6, 6.07) is 0. The molecular weight excluding hydrogens is 440 g/mol. The van der Waals surface area contributed by atoms with Crippen LogP contribution in [0.2, 0.25) is 0 Å². The van der Waals surface area contributed by atoms with Gasteiger partial charge in [-0.25, -0.2) is 4.98 Å². The summed E-state index contributed by atoms with van der Waals surface area (Å²) in [6.07, 6.45) is 13.3. The fourth-order valence-electron chi connectivity index (χ4n) is 6.66. The molecule has 7 rings (SSSR count). The number of nitrogens with zero attached hydrogens (tertiary/aromatic N) is 1. The predicted octanol–water partition coefficient (Wildman–Crippen LogP) is 4.08. The Hall–Kier alpha value is -0.780. The molecule has 5 aliphatic carbocycles. The van der Waals surface area contributed by atoms with Crippen molar-refractivity contribution < 1.29 is 27.5 Å². The second-order valence-corrected chi connectivity index (χ2v) is 12.5. The van der Waals surface area contributed by atoms with Crippen LogP contribution in [0.4, 0.5) is 5.13 Å². The Kier molecular flexibility index (Phi) is 5.84. The van der Waals surface area contributed by atoms with Crippen molar-refractivity contribution in [1.82, 2.24) is 4.98 Å². The second-order valence-electron chi connectivity index (χ2n) is 10.1. The molecule has 10 heteroatoms. The molecule has 2 N–H and O–H groups in total. The van der Waals surface area contributed by atoms with E-state index in [4.69, 9.17) is 19.1 Å². The Balaban J connectivity index is 0.000000371. The average molecular weight is 473 g/mol. The van der Waals surface area contributed by atoms with E-state index in [1.54, 1.807) is 11.3 Å². The van der Waals surface area contributed by atoms with Crippen LogP contribution in [-0.2, 0) is 24.6 Å². The van der Waals surface area contributed by atoms with E-state index < -0.39 is 21.7 Å². The van der Waals surface area contributed by atoms with Gasteiger partial charge in [0.15, 0.2) is 5.13 Å². The van der Waals surface area contributed by atoms with Gasteiger partial charge >= 0.3 is 0 Å². The minimum atomic E-state index is -3.67. The van der Waals surface area contributed by atoms with Gasteiger partial charge in [-0.1, -0.05) is 0 Å². The summed E-state index contributed by atoms with van der Waals surface area (Å²) < 4.78 is 32.6. The van der Waals surface area contributed by atoms with E-state index >= 15 is 0 Å². The third-order valence-electron chi connectivity index (χ3n) is 7.79. The molecule has 1 saturated heterocycles. The Morgan fingerprint density at radius 1 is 1.13 bits per heavy atom.